The van der Waals surface area contributed by atoms with Crippen LogP contribution in [0.15, 0.2) is 48.5 Å². The van der Waals surface area contributed by atoms with Gasteiger partial charge in [-0.1, -0.05) is 30.3 Å². The third-order valence-electron chi connectivity index (χ3n) is 2.98. The van der Waals surface area contributed by atoms with Gasteiger partial charge < -0.3 is 11.1 Å². The van der Waals surface area contributed by atoms with Crippen LogP contribution in [0.25, 0.3) is 0 Å². The molecule has 5 heteroatoms. The fraction of sp³-hybridized carbons (Fsp3) is 0.200. The predicted molar refractivity (Wildman–Crippen MR) is 72.8 cm³/mol. The summed E-state index contributed by atoms with van der Waals surface area (Å²) in [5.41, 5.74) is 7.64. The van der Waals surface area contributed by atoms with E-state index in [1.807, 2.05) is 24.3 Å². The smallest absolute Gasteiger partial charge is 0.398 e. The normalized spacial score (nSPS) is 11.6. The summed E-state index contributed by atoms with van der Waals surface area (Å²) in [6, 6.07) is 12.6. The Kier molecular flexibility index (Phi) is 4.29. The number of nitrogens with two attached hydrogens (primary N) is 1. The molecule has 0 heterocycles. The van der Waals surface area contributed by atoms with Gasteiger partial charge in [0.05, 0.1) is 5.56 Å². The summed E-state index contributed by atoms with van der Waals surface area (Å²) < 4.78 is 37.2. The average molecular weight is 280 g/mol. The molecule has 0 aliphatic heterocycles. The Morgan fingerprint density at radius 1 is 0.900 bits per heavy atom. The first-order valence-corrected chi connectivity index (χ1v) is 6.17. The van der Waals surface area contributed by atoms with E-state index >= 15 is 0 Å². The minimum atomic E-state index is -4.29. The van der Waals surface area contributed by atoms with E-state index in [-0.39, 0.29) is 0 Å². The van der Waals surface area contributed by atoms with Crippen LogP contribution in [0.3, 0.4) is 0 Å². The third kappa shape index (κ3) is 3.74. The highest BCUT2D eigenvalue weighted by molar-refractivity contribution is 5.46. The molecule has 0 aliphatic carbocycles. The fourth-order valence-electron chi connectivity index (χ4n) is 1.85. The molecule has 3 N–H and O–H groups in total. The zero-order chi connectivity index (χ0) is 14.6. The highest BCUT2D eigenvalue weighted by Crippen LogP contribution is 2.29. The summed E-state index contributed by atoms with van der Waals surface area (Å²) in [4.78, 5) is 0. The quantitative estimate of drug-likeness (QED) is 0.840. The number of halogens is 3. The van der Waals surface area contributed by atoms with E-state index in [0.29, 0.717) is 18.8 Å². The molecular weight excluding hydrogens is 265 g/mol. The largest absolute Gasteiger partial charge is 0.416 e. The van der Waals surface area contributed by atoms with Crippen LogP contribution in [-0.2, 0) is 19.3 Å². The van der Waals surface area contributed by atoms with E-state index in [1.54, 1.807) is 0 Å². The number of hydrogen-bond donors (Lipinski definition) is 2. The van der Waals surface area contributed by atoms with Gasteiger partial charge in [0.1, 0.15) is 0 Å². The summed E-state index contributed by atoms with van der Waals surface area (Å²) in [5, 5.41) is 3.16. The molecule has 2 rings (SSSR count). The second-order valence-electron chi connectivity index (χ2n) is 4.50. The monoisotopic (exact) mass is 280 g/mol. The summed E-state index contributed by atoms with van der Waals surface area (Å²) in [6.45, 7) is 1.07. The maximum absolute atomic E-state index is 12.4. The van der Waals surface area contributed by atoms with Crippen molar-refractivity contribution in [2.45, 2.75) is 19.3 Å². The molecule has 106 valence electrons. The van der Waals surface area contributed by atoms with Crippen molar-refractivity contribution in [1.82, 2.24) is 5.32 Å². The molecule has 0 radical (unpaired) electrons. The molecule has 20 heavy (non-hydrogen) atoms. The van der Waals surface area contributed by atoms with Crippen LogP contribution < -0.4 is 11.1 Å². The van der Waals surface area contributed by atoms with Gasteiger partial charge in [-0.05, 0) is 29.3 Å². The Morgan fingerprint density at radius 3 is 2.15 bits per heavy atom. The lowest BCUT2D eigenvalue weighted by atomic mass is 10.1. The molecule has 2 nitrogen and oxygen atoms in total. The maximum atomic E-state index is 12.4. The van der Waals surface area contributed by atoms with Gasteiger partial charge in [0, 0.05) is 18.8 Å². The lowest BCUT2D eigenvalue weighted by molar-refractivity contribution is -0.137. The van der Waals surface area contributed by atoms with Crippen molar-refractivity contribution < 1.29 is 13.2 Å². The van der Waals surface area contributed by atoms with Gasteiger partial charge in [-0.2, -0.15) is 13.2 Å². The number of para-hydroxylation sites is 1. The van der Waals surface area contributed by atoms with Gasteiger partial charge in [0.15, 0.2) is 0 Å². The molecule has 2 aromatic rings. The fourth-order valence-corrected chi connectivity index (χ4v) is 1.85. The van der Waals surface area contributed by atoms with Crippen LogP contribution in [0.1, 0.15) is 16.7 Å². The second kappa shape index (κ2) is 5.96. The zero-order valence-electron chi connectivity index (χ0n) is 10.7. The summed E-state index contributed by atoms with van der Waals surface area (Å²) in [5.74, 6) is 0. The molecule has 0 unspecified atom stereocenters. The van der Waals surface area contributed by atoms with Crippen LogP contribution in [0.4, 0.5) is 18.9 Å². The number of anilines is 1. The van der Waals surface area contributed by atoms with Gasteiger partial charge in [-0.15, -0.1) is 0 Å². The molecule has 0 aromatic heterocycles. The predicted octanol–water partition coefficient (Wildman–Crippen LogP) is 3.58. The van der Waals surface area contributed by atoms with E-state index in [1.165, 1.54) is 12.1 Å². The molecule has 0 bridgehead atoms. The first-order valence-electron chi connectivity index (χ1n) is 6.17. The molecule has 2 aromatic carbocycles. The second-order valence-corrected chi connectivity index (χ2v) is 4.50. The highest BCUT2D eigenvalue weighted by atomic mass is 19.4. The standard InChI is InChI=1S/C15H15F3N2/c16-15(17,18)13-7-5-11(6-8-13)9-20-10-12-3-1-2-4-14(12)19/h1-8,20H,9-10,19H2. The maximum Gasteiger partial charge on any atom is 0.416 e. The topological polar surface area (TPSA) is 38.0 Å². The van der Waals surface area contributed by atoms with E-state index < -0.39 is 11.7 Å². The molecule has 0 aliphatic rings. The number of benzene rings is 2. The first-order chi connectivity index (χ1) is 9.47. The van der Waals surface area contributed by atoms with E-state index in [2.05, 4.69) is 5.32 Å². The zero-order valence-corrected chi connectivity index (χ0v) is 10.7. The summed E-state index contributed by atoms with van der Waals surface area (Å²) in [6.07, 6.45) is -4.29. The molecule has 0 atom stereocenters. The van der Waals surface area contributed by atoms with Crippen molar-refractivity contribution >= 4 is 5.69 Å². The SMILES string of the molecule is Nc1ccccc1CNCc1ccc(C(F)(F)F)cc1. The van der Waals surface area contributed by atoms with Crippen molar-refractivity contribution in [2.24, 2.45) is 0 Å². The van der Waals surface area contributed by atoms with Gasteiger partial charge in [0.2, 0.25) is 0 Å². The molecule has 0 fully saturated rings. The Bertz CT molecular complexity index is 562. The highest BCUT2D eigenvalue weighted by Gasteiger charge is 2.29. The number of hydrogen-bond acceptors (Lipinski definition) is 2. The van der Waals surface area contributed by atoms with Crippen LogP contribution >= 0.6 is 0 Å². The van der Waals surface area contributed by atoms with E-state index in [4.69, 9.17) is 5.73 Å². The molecular formula is C15H15F3N2. The lowest BCUT2D eigenvalue weighted by Gasteiger charge is -2.09. The Labute approximate surface area is 115 Å². The van der Waals surface area contributed by atoms with Gasteiger partial charge in [-0.25, -0.2) is 0 Å². The van der Waals surface area contributed by atoms with Crippen LogP contribution in [0.2, 0.25) is 0 Å². The van der Waals surface area contributed by atoms with E-state index in [9.17, 15) is 13.2 Å². The van der Waals surface area contributed by atoms with Crippen molar-refractivity contribution in [3.8, 4) is 0 Å². The van der Waals surface area contributed by atoms with Crippen molar-refractivity contribution in [2.75, 3.05) is 5.73 Å². The van der Waals surface area contributed by atoms with Crippen molar-refractivity contribution in [3.63, 3.8) is 0 Å². The average Bonchev–Trinajstić information content (AvgIpc) is 2.40. The Balaban J connectivity index is 1.90. The molecule has 0 amide bonds. The number of nitrogen functional groups attached to an aromatic ring is 1. The Hall–Kier alpha value is -2.01. The van der Waals surface area contributed by atoms with Crippen molar-refractivity contribution in [1.29, 1.82) is 0 Å². The molecule has 0 saturated heterocycles. The number of alkyl halides is 3. The van der Waals surface area contributed by atoms with Gasteiger partial charge in [0.25, 0.3) is 0 Å². The molecule has 0 spiro atoms. The van der Waals surface area contributed by atoms with Gasteiger partial charge in [-0.3, -0.25) is 0 Å². The minimum Gasteiger partial charge on any atom is -0.398 e. The van der Waals surface area contributed by atoms with Crippen LogP contribution in [0.5, 0.6) is 0 Å². The van der Waals surface area contributed by atoms with Crippen molar-refractivity contribution in [3.05, 3.63) is 65.2 Å². The third-order valence-corrected chi connectivity index (χ3v) is 2.98. The van der Waals surface area contributed by atoms with E-state index in [0.717, 1.165) is 23.3 Å². The van der Waals surface area contributed by atoms with Gasteiger partial charge >= 0.3 is 6.18 Å². The van der Waals surface area contributed by atoms with Crippen LogP contribution in [0, 0.1) is 0 Å². The number of nitrogens with one attached hydrogen (secondary N) is 1. The van der Waals surface area contributed by atoms with Crippen LogP contribution in [-0.4, -0.2) is 0 Å². The molecule has 0 saturated carbocycles. The lowest BCUT2D eigenvalue weighted by Crippen LogP contribution is -2.14. The minimum absolute atomic E-state index is 0.493. The first kappa shape index (κ1) is 14.4. The number of rotatable bonds is 4. The Morgan fingerprint density at radius 2 is 1.55 bits per heavy atom. The summed E-state index contributed by atoms with van der Waals surface area (Å²) >= 11 is 0. The summed E-state index contributed by atoms with van der Waals surface area (Å²) in [7, 11) is 0.